The summed E-state index contributed by atoms with van der Waals surface area (Å²) in [5, 5.41) is 5.52. The fourth-order valence-corrected chi connectivity index (χ4v) is 2.46. The number of hydrogen-bond acceptors (Lipinski definition) is 4. The van der Waals surface area contributed by atoms with Crippen LogP contribution in [0.15, 0.2) is 5.38 Å². The van der Waals surface area contributed by atoms with E-state index in [-0.39, 0.29) is 17.2 Å². The van der Waals surface area contributed by atoms with E-state index in [0.29, 0.717) is 18.1 Å². The Kier molecular flexibility index (Phi) is 5.28. The molecule has 1 rings (SSSR count). The topological polar surface area (TPSA) is 68.0 Å². The van der Waals surface area contributed by atoms with Crippen molar-refractivity contribution < 1.29 is 4.79 Å². The molecule has 0 saturated carbocycles. The number of nitrogens with two attached hydrogens (primary N) is 1. The summed E-state index contributed by atoms with van der Waals surface area (Å²) in [5.41, 5.74) is 6.62. The summed E-state index contributed by atoms with van der Waals surface area (Å²) in [6, 6.07) is 0. The molecule has 0 spiro atoms. The smallest absolute Gasteiger partial charge is 0.226 e. The Morgan fingerprint density at radius 2 is 2.22 bits per heavy atom. The Bertz CT molecular complexity index is 391. The van der Waals surface area contributed by atoms with Crippen molar-refractivity contribution in [2.24, 2.45) is 11.7 Å². The monoisotopic (exact) mass is 269 g/mol. The highest BCUT2D eigenvalue weighted by molar-refractivity contribution is 7.13. The van der Waals surface area contributed by atoms with Crippen molar-refractivity contribution in [3.8, 4) is 0 Å². The van der Waals surface area contributed by atoms with Gasteiger partial charge in [0.15, 0.2) is 5.13 Å². The van der Waals surface area contributed by atoms with Crippen LogP contribution < -0.4 is 11.1 Å². The molecule has 0 aliphatic rings. The lowest BCUT2D eigenvalue weighted by atomic mass is 9.93. The number of nitrogens with one attached hydrogen (secondary N) is 1. The summed E-state index contributed by atoms with van der Waals surface area (Å²) in [7, 11) is 0. The summed E-state index contributed by atoms with van der Waals surface area (Å²) in [5.74, 6) is 0.258. The van der Waals surface area contributed by atoms with Crippen LogP contribution in [0.5, 0.6) is 0 Å². The van der Waals surface area contributed by atoms with E-state index >= 15 is 0 Å². The number of amides is 1. The van der Waals surface area contributed by atoms with Gasteiger partial charge in [-0.05, 0) is 12.5 Å². The van der Waals surface area contributed by atoms with Crippen molar-refractivity contribution in [2.45, 2.75) is 46.0 Å². The van der Waals surface area contributed by atoms with Crippen LogP contribution in [-0.2, 0) is 10.2 Å². The second kappa shape index (κ2) is 6.29. The van der Waals surface area contributed by atoms with E-state index in [2.05, 4.69) is 31.1 Å². The first-order valence-electron chi connectivity index (χ1n) is 6.32. The van der Waals surface area contributed by atoms with E-state index < -0.39 is 0 Å². The van der Waals surface area contributed by atoms with Crippen LogP contribution in [0.25, 0.3) is 0 Å². The number of carbonyl (C=O) groups is 1. The highest BCUT2D eigenvalue weighted by atomic mass is 32.1. The lowest BCUT2D eigenvalue weighted by molar-refractivity contribution is -0.117. The maximum Gasteiger partial charge on any atom is 0.226 e. The molecule has 0 bridgehead atoms. The third-order valence-corrected chi connectivity index (χ3v) is 3.66. The normalized spacial score (nSPS) is 13.4. The van der Waals surface area contributed by atoms with E-state index in [1.54, 1.807) is 0 Å². The SMILES string of the molecule is CCC(CN)CC(=O)Nc1nc(C(C)(C)C)cs1. The van der Waals surface area contributed by atoms with Gasteiger partial charge in [0.25, 0.3) is 0 Å². The van der Waals surface area contributed by atoms with Gasteiger partial charge in [-0.3, -0.25) is 4.79 Å². The van der Waals surface area contributed by atoms with Crippen molar-refractivity contribution in [2.75, 3.05) is 11.9 Å². The van der Waals surface area contributed by atoms with Crippen molar-refractivity contribution in [1.82, 2.24) is 4.98 Å². The van der Waals surface area contributed by atoms with E-state index in [1.807, 2.05) is 12.3 Å². The van der Waals surface area contributed by atoms with Gasteiger partial charge in [-0.1, -0.05) is 34.1 Å². The second-order valence-corrected chi connectivity index (χ2v) is 6.41. The van der Waals surface area contributed by atoms with Gasteiger partial charge in [-0.2, -0.15) is 0 Å². The van der Waals surface area contributed by atoms with Crippen LogP contribution in [0.2, 0.25) is 0 Å². The first-order chi connectivity index (χ1) is 8.36. The molecule has 1 heterocycles. The minimum absolute atomic E-state index is 0.00195. The molecule has 0 radical (unpaired) electrons. The third-order valence-electron chi connectivity index (χ3n) is 2.90. The number of carbonyl (C=O) groups excluding carboxylic acids is 1. The summed E-state index contributed by atoms with van der Waals surface area (Å²) in [6.45, 7) is 8.92. The van der Waals surface area contributed by atoms with E-state index in [1.165, 1.54) is 11.3 Å². The zero-order valence-electron chi connectivity index (χ0n) is 11.6. The molecule has 18 heavy (non-hydrogen) atoms. The van der Waals surface area contributed by atoms with Crippen LogP contribution in [0.4, 0.5) is 5.13 Å². The molecule has 1 aromatic heterocycles. The fraction of sp³-hybridized carbons (Fsp3) is 0.692. The van der Waals surface area contributed by atoms with Crippen molar-refractivity contribution >= 4 is 22.4 Å². The van der Waals surface area contributed by atoms with Crippen LogP contribution in [-0.4, -0.2) is 17.4 Å². The predicted molar refractivity (Wildman–Crippen MR) is 76.9 cm³/mol. The standard InChI is InChI=1S/C13H23N3OS/c1-5-9(7-14)6-11(17)16-12-15-10(8-18-12)13(2,3)4/h8-9H,5-7,14H2,1-4H3,(H,15,16,17). The zero-order chi connectivity index (χ0) is 13.8. The van der Waals surface area contributed by atoms with E-state index in [4.69, 9.17) is 5.73 Å². The fourth-order valence-electron chi connectivity index (χ4n) is 1.50. The molecule has 1 unspecified atom stereocenters. The highest BCUT2D eigenvalue weighted by Crippen LogP contribution is 2.26. The molecule has 102 valence electrons. The Morgan fingerprint density at radius 1 is 1.56 bits per heavy atom. The van der Waals surface area contributed by atoms with Crippen molar-refractivity contribution in [3.05, 3.63) is 11.1 Å². The average Bonchev–Trinajstić information content (AvgIpc) is 2.74. The van der Waals surface area contributed by atoms with Gasteiger partial charge in [0.2, 0.25) is 5.91 Å². The van der Waals surface area contributed by atoms with Gasteiger partial charge in [-0.25, -0.2) is 4.98 Å². The Hall–Kier alpha value is -0.940. The summed E-state index contributed by atoms with van der Waals surface area (Å²) in [4.78, 5) is 16.2. The van der Waals surface area contributed by atoms with E-state index in [9.17, 15) is 4.79 Å². The average molecular weight is 269 g/mol. The number of hydrogen-bond donors (Lipinski definition) is 2. The van der Waals surface area contributed by atoms with Gasteiger partial charge in [0.05, 0.1) is 5.69 Å². The number of aromatic nitrogens is 1. The molecule has 4 nitrogen and oxygen atoms in total. The molecule has 1 atom stereocenters. The second-order valence-electron chi connectivity index (χ2n) is 5.55. The molecule has 0 fully saturated rings. The Morgan fingerprint density at radius 3 is 2.67 bits per heavy atom. The molecular weight excluding hydrogens is 246 g/mol. The maximum absolute atomic E-state index is 11.8. The minimum atomic E-state index is 0.00195. The van der Waals surface area contributed by atoms with Gasteiger partial charge >= 0.3 is 0 Å². The number of thiazole rings is 1. The summed E-state index contributed by atoms with van der Waals surface area (Å²) < 4.78 is 0. The van der Waals surface area contributed by atoms with Gasteiger partial charge in [0, 0.05) is 17.2 Å². The first-order valence-corrected chi connectivity index (χ1v) is 7.20. The molecular formula is C13H23N3OS. The van der Waals surface area contributed by atoms with Crippen LogP contribution >= 0.6 is 11.3 Å². The molecule has 0 saturated heterocycles. The van der Waals surface area contributed by atoms with Gasteiger partial charge in [-0.15, -0.1) is 11.3 Å². The molecule has 3 N–H and O–H groups in total. The summed E-state index contributed by atoms with van der Waals surface area (Å²) >= 11 is 1.47. The molecule has 5 heteroatoms. The lowest BCUT2D eigenvalue weighted by Gasteiger charge is -2.14. The number of rotatable bonds is 5. The minimum Gasteiger partial charge on any atom is -0.330 e. The molecule has 1 amide bonds. The highest BCUT2D eigenvalue weighted by Gasteiger charge is 2.18. The first kappa shape index (κ1) is 15.1. The Balaban J connectivity index is 2.57. The van der Waals surface area contributed by atoms with E-state index in [0.717, 1.165) is 12.1 Å². The van der Waals surface area contributed by atoms with Crippen LogP contribution in [0, 0.1) is 5.92 Å². The van der Waals surface area contributed by atoms with Gasteiger partial charge < -0.3 is 11.1 Å². The molecule has 0 aliphatic heterocycles. The van der Waals surface area contributed by atoms with Crippen LogP contribution in [0.3, 0.4) is 0 Å². The summed E-state index contributed by atoms with van der Waals surface area (Å²) in [6.07, 6.45) is 1.40. The molecule has 0 aliphatic carbocycles. The maximum atomic E-state index is 11.8. The predicted octanol–water partition coefficient (Wildman–Crippen LogP) is 2.75. The molecule has 1 aromatic rings. The quantitative estimate of drug-likeness (QED) is 0.863. The lowest BCUT2D eigenvalue weighted by Crippen LogP contribution is -2.21. The van der Waals surface area contributed by atoms with Gasteiger partial charge in [0.1, 0.15) is 0 Å². The van der Waals surface area contributed by atoms with Crippen LogP contribution in [0.1, 0.15) is 46.2 Å². The number of anilines is 1. The number of nitrogens with zero attached hydrogens (tertiary/aromatic N) is 1. The molecule has 0 aromatic carbocycles. The Labute approximate surface area is 113 Å². The van der Waals surface area contributed by atoms with Crippen molar-refractivity contribution in [3.63, 3.8) is 0 Å². The zero-order valence-corrected chi connectivity index (χ0v) is 12.4. The third kappa shape index (κ3) is 4.38. The van der Waals surface area contributed by atoms with Crippen molar-refractivity contribution in [1.29, 1.82) is 0 Å². The largest absolute Gasteiger partial charge is 0.330 e.